The molecule has 4 rings (SSSR count). The third-order valence-corrected chi connectivity index (χ3v) is 5.29. The molecule has 2 amide bonds. The first-order valence-electron chi connectivity index (χ1n) is 8.94. The highest BCUT2D eigenvalue weighted by molar-refractivity contribution is 5.72. The summed E-state index contributed by atoms with van der Waals surface area (Å²) >= 11 is 0. The van der Waals surface area contributed by atoms with Crippen LogP contribution in [-0.4, -0.2) is 32.2 Å². The topological polar surface area (TPSA) is 61.6 Å². The summed E-state index contributed by atoms with van der Waals surface area (Å²) in [6.07, 6.45) is 1.93. The number of hydrogen-bond donors (Lipinski definition) is 2. The standard InChI is InChI=1S/C20H24N4O/c21-20(25)22-19-9-6-15-14-17(7-8-18(15)19)24-12-10-23(11-13-24)16-4-2-1-3-5-16/h1-5,7-8,14,19H,6,9-13H2,(H3,21,22,25). The maximum atomic E-state index is 11.1. The lowest BCUT2D eigenvalue weighted by molar-refractivity contribution is 0.245. The van der Waals surface area contributed by atoms with E-state index in [1.807, 2.05) is 0 Å². The average Bonchev–Trinajstić information content (AvgIpc) is 3.04. The van der Waals surface area contributed by atoms with Crippen molar-refractivity contribution in [1.82, 2.24) is 5.32 Å². The Bertz CT molecular complexity index is 754. The molecule has 0 aromatic heterocycles. The van der Waals surface area contributed by atoms with E-state index in [1.54, 1.807) is 0 Å². The number of rotatable bonds is 3. The van der Waals surface area contributed by atoms with Crippen LogP contribution >= 0.6 is 0 Å². The van der Waals surface area contributed by atoms with Crippen LogP contribution in [0.3, 0.4) is 0 Å². The smallest absolute Gasteiger partial charge is 0.312 e. The number of primary amides is 1. The van der Waals surface area contributed by atoms with Gasteiger partial charge in [0.1, 0.15) is 0 Å². The molecule has 1 unspecified atom stereocenters. The average molecular weight is 336 g/mol. The number of para-hydroxylation sites is 1. The highest BCUT2D eigenvalue weighted by atomic mass is 16.2. The molecule has 0 spiro atoms. The fourth-order valence-corrected chi connectivity index (χ4v) is 3.98. The normalized spacial score (nSPS) is 19.6. The minimum Gasteiger partial charge on any atom is -0.368 e. The molecule has 1 fully saturated rings. The maximum absolute atomic E-state index is 11.1. The number of fused-ring (bicyclic) bond motifs is 1. The number of anilines is 2. The molecule has 1 atom stereocenters. The Morgan fingerprint density at radius 2 is 1.64 bits per heavy atom. The lowest BCUT2D eigenvalue weighted by atomic mass is 10.1. The van der Waals surface area contributed by atoms with Crippen LogP contribution in [-0.2, 0) is 6.42 Å². The second-order valence-corrected chi connectivity index (χ2v) is 6.79. The quantitative estimate of drug-likeness (QED) is 0.906. The summed E-state index contributed by atoms with van der Waals surface area (Å²) in [6, 6.07) is 16.8. The molecule has 2 aliphatic rings. The van der Waals surface area contributed by atoms with Crippen LogP contribution in [0.25, 0.3) is 0 Å². The van der Waals surface area contributed by atoms with E-state index in [4.69, 9.17) is 5.73 Å². The molecule has 2 aromatic carbocycles. The van der Waals surface area contributed by atoms with Crippen molar-refractivity contribution in [1.29, 1.82) is 0 Å². The molecule has 0 bridgehead atoms. The molecule has 0 saturated carbocycles. The fourth-order valence-electron chi connectivity index (χ4n) is 3.98. The summed E-state index contributed by atoms with van der Waals surface area (Å²) in [7, 11) is 0. The first kappa shape index (κ1) is 15.8. The summed E-state index contributed by atoms with van der Waals surface area (Å²) in [4.78, 5) is 16.0. The van der Waals surface area contributed by atoms with E-state index in [9.17, 15) is 4.79 Å². The molecular formula is C20H24N4O. The van der Waals surface area contributed by atoms with Gasteiger partial charge in [0.05, 0.1) is 6.04 Å². The summed E-state index contributed by atoms with van der Waals surface area (Å²) in [5, 5.41) is 2.84. The highest BCUT2D eigenvalue weighted by Crippen LogP contribution is 2.34. The molecule has 1 heterocycles. The minimum atomic E-state index is -0.445. The van der Waals surface area contributed by atoms with Gasteiger partial charge in [-0.1, -0.05) is 24.3 Å². The largest absolute Gasteiger partial charge is 0.368 e. The highest BCUT2D eigenvalue weighted by Gasteiger charge is 2.25. The molecule has 5 nitrogen and oxygen atoms in total. The summed E-state index contributed by atoms with van der Waals surface area (Å²) in [6.45, 7) is 4.12. The second-order valence-electron chi connectivity index (χ2n) is 6.79. The Morgan fingerprint density at radius 1 is 0.960 bits per heavy atom. The van der Waals surface area contributed by atoms with Gasteiger partial charge < -0.3 is 20.9 Å². The molecule has 1 saturated heterocycles. The van der Waals surface area contributed by atoms with Gasteiger partial charge >= 0.3 is 6.03 Å². The van der Waals surface area contributed by atoms with Crippen molar-refractivity contribution in [2.75, 3.05) is 36.0 Å². The van der Waals surface area contributed by atoms with Gasteiger partial charge in [-0.3, -0.25) is 0 Å². The van der Waals surface area contributed by atoms with Gasteiger partial charge in [-0.15, -0.1) is 0 Å². The summed E-state index contributed by atoms with van der Waals surface area (Å²) in [5.41, 5.74) is 10.4. The number of carbonyl (C=O) groups excluding carboxylic acids is 1. The Morgan fingerprint density at radius 3 is 2.32 bits per heavy atom. The van der Waals surface area contributed by atoms with Gasteiger partial charge in [-0.2, -0.15) is 0 Å². The maximum Gasteiger partial charge on any atom is 0.312 e. The number of carbonyl (C=O) groups is 1. The Labute approximate surface area is 148 Å². The molecule has 1 aliphatic heterocycles. The first-order valence-corrected chi connectivity index (χ1v) is 8.94. The predicted octanol–water partition coefficient (Wildman–Crippen LogP) is 2.67. The van der Waals surface area contributed by atoms with Crippen molar-refractivity contribution < 1.29 is 4.79 Å². The number of benzene rings is 2. The zero-order valence-corrected chi connectivity index (χ0v) is 14.3. The van der Waals surface area contributed by atoms with Crippen molar-refractivity contribution >= 4 is 17.4 Å². The zero-order valence-electron chi connectivity index (χ0n) is 14.3. The summed E-state index contributed by atoms with van der Waals surface area (Å²) < 4.78 is 0. The Balaban J connectivity index is 1.43. The molecule has 0 radical (unpaired) electrons. The van der Waals surface area contributed by atoms with Crippen LogP contribution in [0.1, 0.15) is 23.6 Å². The number of nitrogens with zero attached hydrogens (tertiary/aromatic N) is 2. The monoisotopic (exact) mass is 336 g/mol. The van der Waals surface area contributed by atoms with Gasteiger partial charge in [0, 0.05) is 37.6 Å². The van der Waals surface area contributed by atoms with Gasteiger partial charge in [0.2, 0.25) is 0 Å². The van der Waals surface area contributed by atoms with E-state index in [0.29, 0.717) is 0 Å². The minimum absolute atomic E-state index is 0.0662. The van der Waals surface area contributed by atoms with Crippen LogP contribution in [0.5, 0.6) is 0 Å². The molecule has 1 aliphatic carbocycles. The number of urea groups is 1. The Kier molecular flexibility index (Phi) is 4.22. The van der Waals surface area contributed by atoms with Gasteiger partial charge in [0.25, 0.3) is 0 Å². The fraction of sp³-hybridized carbons (Fsp3) is 0.350. The number of nitrogens with two attached hydrogens (primary N) is 1. The van der Waals surface area contributed by atoms with Gasteiger partial charge in [-0.25, -0.2) is 4.79 Å². The number of nitrogens with one attached hydrogen (secondary N) is 1. The van der Waals surface area contributed by atoms with Crippen molar-refractivity contribution in [2.45, 2.75) is 18.9 Å². The van der Waals surface area contributed by atoms with E-state index in [1.165, 1.54) is 22.5 Å². The lowest BCUT2D eigenvalue weighted by Crippen LogP contribution is -2.46. The molecule has 3 N–H and O–H groups in total. The van der Waals surface area contributed by atoms with Crippen LogP contribution < -0.4 is 20.9 Å². The summed E-state index contributed by atoms with van der Waals surface area (Å²) in [5.74, 6) is 0. The predicted molar refractivity (Wildman–Crippen MR) is 101 cm³/mol. The van der Waals surface area contributed by atoms with Crippen LogP contribution in [0.2, 0.25) is 0 Å². The molecular weight excluding hydrogens is 312 g/mol. The third-order valence-electron chi connectivity index (χ3n) is 5.29. The molecule has 5 heteroatoms. The SMILES string of the molecule is NC(=O)NC1CCc2cc(N3CCN(c4ccccc4)CC3)ccc21. The zero-order chi connectivity index (χ0) is 17.2. The van der Waals surface area contributed by atoms with Crippen LogP contribution in [0.4, 0.5) is 16.2 Å². The lowest BCUT2D eigenvalue weighted by Gasteiger charge is -2.37. The second kappa shape index (κ2) is 6.67. The molecule has 2 aromatic rings. The molecule has 25 heavy (non-hydrogen) atoms. The number of amides is 2. The van der Waals surface area contributed by atoms with Crippen molar-refractivity contribution in [3.8, 4) is 0 Å². The third kappa shape index (κ3) is 3.27. The molecule has 130 valence electrons. The van der Waals surface area contributed by atoms with E-state index in [0.717, 1.165) is 39.0 Å². The van der Waals surface area contributed by atoms with Crippen molar-refractivity contribution in [2.24, 2.45) is 5.73 Å². The van der Waals surface area contributed by atoms with Crippen molar-refractivity contribution in [3.05, 3.63) is 59.7 Å². The van der Waals surface area contributed by atoms with E-state index < -0.39 is 6.03 Å². The number of hydrogen-bond acceptors (Lipinski definition) is 3. The number of piperazine rings is 1. The first-order chi connectivity index (χ1) is 12.2. The Hall–Kier alpha value is -2.69. The van der Waals surface area contributed by atoms with E-state index >= 15 is 0 Å². The van der Waals surface area contributed by atoms with Crippen molar-refractivity contribution in [3.63, 3.8) is 0 Å². The van der Waals surface area contributed by atoms with Crippen LogP contribution in [0.15, 0.2) is 48.5 Å². The van der Waals surface area contributed by atoms with Gasteiger partial charge in [0.15, 0.2) is 0 Å². The van der Waals surface area contributed by atoms with E-state index in [-0.39, 0.29) is 6.04 Å². The van der Waals surface area contributed by atoms with Crippen LogP contribution in [0, 0.1) is 0 Å². The number of aryl methyl sites for hydroxylation is 1. The van der Waals surface area contributed by atoms with Gasteiger partial charge in [-0.05, 0) is 48.2 Å². The van der Waals surface area contributed by atoms with E-state index in [2.05, 4.69) is 63.6 Å².